The summed E-state index contributed by atoms with van der Waals surface area (Å²) in [5.74, 6) is 0.537. The van der Waals surface area contributed by atoms with Crippen molar-refractivity contribution in [2.75, 3.05) is 11.9 Å². The van der Waals surface area contributed by atoms with Crippen LogP contribution in [0.1, 0.15) is 78.1 Å². The summed E-state index contributed by atoms with van der Waals surface area (Å²) in [6, 6.07) is 13.7. The van der Waals surface area contributed by atoms with Gasteiger partial charge >= 0.3 is 0 Å². The number of aromatic nitrogens is 2. The number of nitrogens with one attached hydrogen (secondary N) is 1. The molecule has 1 N–H and O–H groups in total. The van der Waals surface area contributed by atoms with Crippen LogP contribution < -0.4 is 5.32 Å². The molecule has 3 aliphatic rings. The maximum atomic E-state index is 13.9. The number of benzene rings is 2. The van der Waals surface area contributed by atoms with Gasteiger partial charge in [0.25, 0.3) is 11.8 Å². The highest BCUT2D eigenvalue weighted by atomic mass is 16.2. The van der Waals surface area contributed by atoms with Crippen LogP contribution in [0.5, 0.6) is 0 Å². The highest BCUT2D eigenvalue weighted by molar-refractivity contribution is 6.10. The Kier molecular flexibility index (Phi) is 5.16. The zero-order valence-corrected chi connectivity index (χ0v) is 18.9. The van der Waals surface area contributed by atoms with E-state index in [4.69, 9.17) is 0 Å². The Morgan fingerprint density at radius 2 is 1.73 bits per heavy atom. The van der Waals surface area contributed by atoms with E-state index in [1.165, 1.54) is 25.7 Å². The van der Waals surface area contributed by atoms with E-state index >= 15 is 0 Å². The van der Waals surface area contributed by atoms with Gasteiger partial charge in [0.2, 0.25) is 0 Å². The van der Waals surface area contributed by atoms with Crippen LogP contribution in [0.4, 0.5) is 5.69 Å². The highest BCUT2D eigenvalue weighted by Crippen LogP contribution is 2.39. The van der Waals surface area contributed by atoms with Crippen LogP contribution in [0.25, 0.3) is 11.0 Å². The lowest BCUT2D eigenvalue weighted by atomic mass is 9.90. The molecule has 2 heterocycles. The summed E-state index contributed by atoms with van der Waals surface area (Å²) in [5, 5.41) is 3.00. The number of likely N-dealkylation sites (tertiary alicyclic amines) is 1. The molecule has 3 aromatic rings. The number of anilines is 1. The molecule has 6 rings (SSSR count). The summed E-state index contributed by atoms with van der Waals surface area (Å²) >= 11 is 0. The second-order valence-electron chi connectivity index (χ2n) is 9.95. The molecule has 2 aromatic carbocycles. The van der Waals surface area contributed by atoms with Crippen molar-refractivity contribution in [2.45, 2.75) is 63.5 Å². The minimum Gasteiger partial charge on any atom is -0.335 e. The van der Waals surface area contributed by atoms with Crippen molar-refractivity contribution >= 4 is 28.5 Å². The number of nitrogens with zero attached hydrogens (tertiary/aromatic N) is 3. The van der Waals surface area contributed by atoms with Crippen LogP contribution in [-0.4, -0.2) is 38.9 Å². The quantitative estimate of drug-likeness (QED) is 0.587. The molecule has 2 amide bonds. The van der Waals surface area contributed by atoms with E-state index in [0.717, 1.165) is 43.3 Å². The van der Waals surface area contributed by atoms with Gasteiger partial charge in [-0.2, -0.15) is 0 Å². The van der Waals surface area contributed by atoms with Crippen molar-refractivity contribution < 1.29 is 9.59 Å². The first-order valence-electron chi connectivity index (χ1n) is 12.4. The van der Waals surface area contributed by atoms with Gasteiger partial charge in [-0.3, -0.25) is 9.59 Å². The first kappa shape index (κ1) is 20.5. The zero-order chi connectivity index (χ0) is 22.4. The first-order chi connectivity index (χ1) is 16.2. The van der Waals surface area contributed by atoms with E-state index in [9.17, 15) is 9.59 Å². The Morgan fingerprint density at radius 3 is 2.52 bits per heavy atom. The fourth-order valence-electron chi connectivity index (χ4n) is 6.20. The number of imidazole rings is 1. The summed E-state index contributed by atoms with van der Waals surface area (Å²) in [6.45, 7) is 0.850. The minimum atomic E-state index is -0.180. The maximum absolute atomic E-state index is 13.9. The van der Waals surface area contributed by atoms with E-state index in [1.54, 1.807) is 12.1 Å². The third-order valence-electron chi connectivity index (χ3n) is 7.82. The lowest BCUT2D eigenvalue weighted by molar-refractivity contribution is 0.0734. The van der Waals surface area contributed by atoms with Crippen LogP contribution in [0, 0.1) is 5.92 Å². The van der Waals surface area contributed by atoms with Crippen molar-refractivity contribution in [2.24, 2.45) is 5.92 Å². The van der Waals surface area contributed by atoms with Gasteiger partial charge in [-0.15, -0.1) is 0 Å². The molecule has 1 aliphatic heterocycles. The minimum absolute atomic E-state index is 0.0879. The summed E-state index contributed by atoms with van der Waals surface area (Å²) in [4.78, 5) is 33.5. The third kappa shape index (κ3) is 3.71. The summed E-state index contributed by atoms with van der Waals surface area (Å²) in [6.07, 6.45) is 11.2. The number of amides is 2. The van der Waals surface area contributed by atoms with Crippen molar-refractivity contribution in [3.05, 3.63) is 59.9 Å². The summed E-state index contributed by atoms with van der Waals surface area (Å²) < 4.78 is 2.22. The topological polar surface area (TPSA) is 67.2 Å². The number of carbonyl (C=O) groups is 2. The Hall–Kier alpha value is -3.15. The molecular weight excluding hydrogens is 412 g/mol. The predicted molar refractivity (Wildman–Crippen MR) is 128 cm³/mol. The van der Waals surface area contributed by atoms with Gasteiger partial charge in [-0.25, -0.2) is 4.98 Å². The Bertz CT molecular complexity index is 1200. The third-order valence-corrected chi connectivity index (χ3v) is 7.82. The van der Waals surface area contributed by atoms with Gasteiger partial charge in [0, 0.05) is 29.9 Å². The summed E-state index contributed by atoms with van der Waals surface area (Å²) in [5.41, 5.74) is 3.59. The largest absolute Gasteiger partial charge is 0.335 e. The van der Waals surface area contributed by atoms with Crippen LogP contribution in [0.15, 0.2) is 48.8 Å². The molecule has 2 aliphatic carbocycles. The number of hydrogen-bond donors (Lipinski definition) is 1. The van der Waals surface area contributed by atoms with E-state index < -0.39 is 0 Å². The normalized spacial score (nSPS) is 22.7. The SMILES string of the molecule is O=C(Nc1cc(C(=O)N2CC3CCCC2C3)c2c(c1)ncn2C1CCCC1)c1ccccc1. The molecule has 0 radical (unpaired) electrons. The van der Waals surface area contributed by atoms with Crippen molar-refractivity contribution in [1.29, 1.82) is 0 Å². The van der Waals surface area contributed by atoms with Crippen molar-refractivity contribution in [3.63, 3.8) is 0 Å². The molecule has 33 heavy (non-hydrogen) atoms. The molecule has 2 atom stereocenters. The standard InChI is InChI=1S/C27H30N4O2/c32-26(19-8-2-1-3-9-19)29-20-14-23(27(33)30-16-18-7-6-12-22(30)13-18)25-24(15-20)28-17-31(25)21-10-4-5-11-21/h1-3,8-9,14-15,17-18,21-22H,4-7,10-13,16H2,(H,29,32). The fourth-order valence-corrected chi connectivity index (χ4v) is 6.20. The van der Waals surface area contributed by atoms with E-state index in [0.29, 0.717) is 34.8 Å². The van der Waals surface area contributed by atoms with Crippen LogP contribution in [0.2, 0.25) is 0 Å². The van der Waals surface area contributed by atoms with Crippen LogP contribution >= 0.6 is 0 Å². The van der Waals surface area contributed by atoms with Gasteiger partial charge in [0.15, 0.2) is 0 Å². The zero-order valence-electron chi connectivity index (χ0n) is 18.9. The van der Waals surface area contributed by atoms with Crippen molar-refractivity contribution in [1.82, 2.24) is 14.5 Å². The first-order valence-corrected chi connectivity index (χ1v) is 12.4. The van der Waals surface area contributed by atoms with Gasteiger partial charge < -0.3 is 14.8 Å². The van der Waals surface area contributed by atoms with Gasteiger partial charge in [0.1, 0.15) is 0 Å². The molecule has 2 bridgehead atoms. The maximum Gasteiger partial charge on any atom is 0.256 e. The Labute approximate surface area is 194 Å². The smallest absolute Gasteiger partial charge is 0.256 e. The number of fused-ring (bicyclic) bond motifs is 3. The van der Waals surface area contributed by atoms with Gasteiger partial charge in [0.05, 0.1) is 22.9 Å². The van der Waals surface area contributed by atoms with E-state index in [-0.39, 0.29) is 11.8 Å². The molecule has 2 unspecified atom stereocenters. The molecule has 170 valence electrons. The molecule has 3 fully saturated rings. The molecule has 0 spiro atoms. The average Bonchev–Trinajstić information content (AvgIpc) is 3.57. The molecule has 6 heteroatoms. The lowest BCUT2D eigenvalue weighted by Crippen LogP contribution is -2.35. The number of rotatable bonds is 4. The fraction of sp³-hybridized carbons (Fsp3) is 0.444. The monoisotopic (exact) mass is 442 g/mol. The summed E-state index contributed by atoms with van der Waals surface area (Å²) in [7, 11) is 0. The van der Waals surface area contributed by atoms with Crippen molar-refractivity contribution in [3.8, 4) is 0 Å². The lowest BCUT2D eigenvalue weighted by Gasteiger charge is -2.26. The average molecular weight is 443 g/mol. The Morgan fingerprint density at radius 1 is 0.939 bits per heavy atom. The van der Waals surface area contributed by atoms with E-state index in [1.807, 2.05) is 36.7 Å². The van der Waals surface area contributed by atoms with E-state index in [2.05, 4.69) is 19.8 Å². The molecule has 1 saturated heterocycles. The van der Waals surface area contributed by atoms with Crippen LogP contribution in [0.3, 0.4) is 0 Å². The Balaban J connectivity index is 1.41. The number of hydrogen-bond acceptors (Lipinski definition) is 3. The highest BCUT2D eigenvalue weighted by Gasteiger charge is 2.39. The predicted octanol–water partition coefficient (Wildman–Crippen LogP) is 5.42. The van der Waals surface area contributed by atoms with Crippen LogP contribution in [-0.2, 0) is 0 Å². The molecule has 6 nitrogen and oxygen atoms in total. The molecule has 1 aromatic heterocycles. The van der Waals surface area contributed by atoms with Gasteiger partial charge in [-0.05, 0) is 62.3 Å². The second-order valence-corrected chi connectivity index (χ2v) is 9.95. The second kappa shape index (κ2) is 8.32. The molecule has 2 saturated carbocycles. The molecular formula is C27H30N4O2. The van der Waals surface area contributed by atoms with Gasteiger partial charge in [-0.1, -0.05) is 37.5 Å². The number of carbonyl (C=O) groups excluding carboxylic acids is 2.